The third-order valence-electron chi connectivity index (χ3n) is 3.64. The maximum absolute atomic E-state index is 12.9. The van der Waals surface area contributed by atoms with Crippen LogP contribution in [0.25, 0.3) is 16.8 Å². The van der Waals surface area contributed by atoms with E-state index in [4.69, 9.17) is 11.6 Å². The number of alkyl halides is 3. The molecule has 7 heteroatoms. The van der Waals surface area contributed by atoms with Crippen molar-refractivity contribution in [2.75, 3.05) is 0 Å². The first-order valence-electron chi connectivity index (χ1n) is 7.00. The number of rotatable bonds is 2. The molecular weight excluding hydrogens is 341 g/mol. The summed E-state index contributed by atoms with van der Waals surface area (Å²) in [5.74, 6) is 0. The third-order valence-corrected chi connectivity index (χ3v) is 3.96. The monoisotopic (exact) mass is 352 g/mol. The van der Waals surface area contributed by atoms with Gasteiger partial charge in [0.05, 0.1) is 21.8 Å². The van der Waals surface area contributed by atoms with Gasteiger partial charge < -0.3 is 0 Å². The van der Waals surface area contributed by atoms with Crippen molar-refractivity contribution in [2.45, 2.75) is 6.18 Å². The Hall–Kier alpha value is -2.47. The number of aryl methyl sites for hydroxylation is 1. The highest BCUT2D eigenvalue weighted by Gasteiger charge is 2.30. The van der Waals surface area contributed by atoms with Crippen molar-refractivity contribution in [1.29, 1.82) is 0 Å². The highest BCUT2D eigenvalue weighted by atomic mass is 35.5. The molecule has 0 spiro atoms. The quantitative estimate of drug-likeness (QED) is 0.666. The Labute approximate surface area is 140 Å². The van der Waals surface area contributed by atoms with E-state index in [0.717, 1.165) is 12.1 Å². The Morgan fingerprint density at radius 2 is 1.75 bits per heavy atom. The van der Waals surface area contributed by atoms with E-state index in [0.29, 0.717) is 10.7 Å². The lowest BCUT2D eigenvalue weighted by molar-refractivity contribution is -0.137. The van der Waals surface area contributed by atoms with Gasteiger partial charge in [-0.1, -0.05) is 35.9 Å². The number of para-hydroxylation sites is 1. The van der Waals surface area contributed by atoms with E-state index < -0.39 is 17.3 Å². The fourth-order valence-electron chi connectivity index (χ4n) is 2.52. The largest absolute Gasteiger partial charge is 0.416 e. The minimum absolute atomic E-state index is 0.170. The summed E-state index contributed by atoms with van der Waals surface area (Å²) in [5, 5.41) is 0.372. The Morgan fingerprint density at radius 3 is 2.42 bits per heavy atom. The molecule has 2 aromatic carbocycles. The van der Waals surface area contributed by atoms with Crippen LogP contribution in [0.3, 0.4) is 0 Å². The van der Waals surface area contributed by atoms with Gasteiger partial charge in [-0.25, -0.2) is 4.68 Å². The van der Waals surface area contributed by atoms with Crippen molar-refractivity contribution in [3.05, 3.63) is 75.7 Å². The molecule has 0 bridgehead atoms. The number of nitrogens with zero attached hydrogens (tertiary/aromatic N) is 2. The number of halogens is 4. The molecule has 0 aliphatic rings. The smallest absolute Gasteiger partial charge is 0.288 e. The number of hydrogen-bond acceptors (Lipinski definition) is 1. The van der Waals surface area contributed by atoms with Crippen LogP contribution < -0.4 is 5.56 Å². The van der Waals surface area contributed by atoms with Gasteiger partial charge in [-0.3, -0.25) is 9.48 Å². The molecule has 1 heterocycles. The van der Waals surface area contributed by atoms with E-state index in [1.807, 2.05) is 0 Å². The summed E-state index contributed by atoms with van der Waals surface area (Å²) in [5.41, 5.74) is -0.401. The van der Waals surface area contributed by atoms with Crippen LogP contribution >= 0.6 is 11.6 Å². The molecule has 1 aromatic heterocycles. The molecule has 0 saturated carbocycles. The lowest BCUT2D eigenvalue weighted by atomic mass is 10.1. The number of aromatic nitrogens is 2. The molecule has 3 aromatic rings. The van der Waals surface area contributed by atoms with E-state index in [9.17, 15) is 18.0 Å². The lowest BCUT2D eigenvalue weighted by Crippen LogP contribution is -2.20. The number of hydrogen-bond donors (Lipinski definition) is 0. The van der Waals surface area contributed by atoms with Crippen molar-refractivity contribution in [3.8, 4) is 16.8 Å². The second kappa shape index (κ2) is 5.87. The van der Waals surface area contributed by atoms with E-state index in [1.165, 1.54) is 27.7 Å². The number of benzene rings is 2. The maximum Gasteiger partial charge on any atom is 0.416 e. The Morgan fingerprint density at radius 1 is 1.04 bits per heavy atom. The molecule has 3 rings (SSSR count). The molecule has 0 unspecified atom stereocenters. The fourth-order valence-corrected chi connectivity index (χ4v) is 2.74. The zero-order chi connectivity index (χ0) is 17.5. The zero-order valence-electron chi connectivity index (χ0n) is 12.5. The van der Waals surface area contributed by atoms with Crippen LogP contribution in [0.2, 0.25) is 5.02 Å². The van der Waals surface area contributed by atoms with Gasteiger partial charge in [0.2, 0.25) is 0 Å². The second-order valence-corrected chi connectivity index (χ2v) is 5.67. The van der Waals surface area contributed by atoms with E-state index in [-0.39, 0.29) is 11.1 Å². The van der Waals surface area contributed by atoms with Gasteiger partial charge in [0.1, 0.15) is 0 Å². The van der Waals surface area contributed by atoms with Crippen LogP contribution in [0.15, 0.2) is 59.5 Å². The molecule has 0 aliphatic heterocycles. The Kier molecular flexibility index (Phi) is 4.01. The summed E-state index contributed by atoms with van der Waals surface area (Å²) in [4.78, 5) is 12.7. The predicted octanol–water partition coefficient (Wildman–Crippen LogP) is 4.52. The van der Waals surface area contributed by atoms with Gasteiger partial charge in [0.15, 0.2) is 0 Å². The van der Waals surface area contributed by atoms with Crippen LogP contribution in [-0.2, 0) is 13.2 Å². The van der Waals surface area contributed by atoms with Crippen LogP contribution in [0.5, 0.6) is 0 Å². The van der Waals surface area contributed by atoms with Crippen molar-refractivity contribution in [2.24, 2.45) is 7.05 Å². The van der Waals surface area contributed by atoms with E-state index in [2.05, 4.69) is 0 Å². The summed E-state index contributed by atoms with van der Waals surface area (Å²) >= 11 is 6.12. The van der Waals surface area contributed by atoms with Crippen molar-refractivity contribution in [3.63, 3.8) is 0 Å². The van der Waals surface area contributed by atoms with Crippen molar-refractivity contribution >= 4 is 11.6 Å². The maximum atomic E-state index is 12.9. The average Bonchev–Trinajstić information content (AvgIpc) is 2.82. The summed E-state index contributed by atoms with van der Waals surface area (Å²) in [6, 6.07) is 11.5. The first kappa shape index (κ1) is 16.4. The Bertz CT molecular complexity index is 957. The molecule has 0 fully saturated rings. The fraction of sp³-hybridized carbons (Fsp3) is 0.118. The van der Waals surface area contributed by atoms with E-state index >= 15 is 0 Å². The summed E-state index contributed by atoms with van der Waals surface area (Å²) < 4.78 is 41.5. The lowest BCUT2D eigenvalue weighted by Gasteiger charge is -2.08. The minimum Gasteiger partial charge on any atom is -0.288 e. The van der Waals surface area contributed by atoms with Crippen LogP contribution in [0, 0.1) is 0 Å². The molecule has 3 nitrogen and oxygen atoms in total. The van der Waals surface area contributed by atoms with Crippen molar-refractivity contribution < 1.29 is 13.2 Å². The average molecular weight is 353 g/mol. The standard InChI is InChI=1S/C17H12ClF3N2O/c1-22-10-13(11-5-4-6-12(9-11)17(19,20)21)16(24)23(22)15-8-3-2-7-14(15)18/h2-10H,1H3. The van der Waals surface area contributed by atoms with Crippen LogP contribution in [0.4, 0.5) is 13.2 Å². The summed E-state index contributed by atoms with van der Waals surface area (Å²) in [6.45, 7) is 0. The van der Waals surface area contributed by atoms with Gasteiger partial charge in [0.25, 0.3) is 5.56 Å². The van der Waals surface area contributed by atoms with Gasteiger partial charge >= 0.3 is 6.18 Å². The van der Waals surface area contributed by atoms with Gasteiger partial charge in [-0.2, -0.15) is 13.2 Å². The molecule has 0 radical (unpaired) electrons. The second-order valence-electron chi connectivity index (χ2n) is 5.26. The third kappa shape index (κ3) is 2.85. The summed E-state index contributed by atoms with van der Waals surface area (Å²) in [7, 11) is 1.63. The molecule has 0 saturated heterocycles. The molecule has 0 atom stereocenters. The minimum atomic E-state index is -4.47. The Balaban J connectivity index is 2.18. The molecule has 0 N–H and O–H groups in total. The summed E-state index contributed by atoms with van der Waals surface area (Å²) in [6.07, 6.45) is -2.98. The van der Waals surface area contributed by atoms with Gasteiger partial charge in [-0.05, 0) is 29.8 Å². The van der Waals surface area contributed by atoms with Gasteiger partial charge in [-0.15, -0.1) is 0 Å². The highest BCUT2D eigenvalue weighted by molar-refractivity contribution is 6.32. The van der Waals surface area contributed by atoms with E-state index in [1.54, 1.807) is 31.3 Å². The first-order chi connectivity index (χ1) is 11.3. The highest BCUT2D eigenvalue weighted by Crippen LogP contribution is 2.31. The topological polar surface area (TPSA) is 26.9 Å². The molecule has 124 valence electrons. The SMILES string of the molecule is Cn1cc(-c2cccc(C(F)(F)F)c2)c(=O)n1-c1ccccc1Cl. The first-order valence-corrected chi connectivity index (χ1v) is 7.38. The normalized spacial score (nSPS) is 11.7. The zero-order valence-corrected chi connectivity index (χ0v) is 13.3. The molecule has 24 heavy (non-hydrogen) atoms. The van der Waals surface area contributed by atoms with Crippen LogP contribution in [0.1, 0.15) is 5.56 Å². The predicted molar refractivity (Wildman–Crippen MR) is 86.5 cm³/mol. The molecular formula is C17H12ClF3N2O. The molecule has 0 amide bonds. The van der Waals surface area contributed by atoms with Crippen LogP contribution in [-0.4, -0.2) is 9.36 Å². The van der Waals surface area contributed by atoms with Crippen molar-refractivity contribution in [1.82, 2.24) is 9.36 Å². The van der Waals surface area contributed by atoms with Gasteiger partial charge in [0, 0.05) is 13.2 Å². The molecule has 0 aliphatic carbocycles.